The maximum atomic E-state index is 13.6. The Morgan fingerprint density at radius 1 is 0.741 bits per heavy atom. The van der Waals surface area contributed by atoms with Crippen LogP contribution in [0.25, 0.3) is 0 Å². The lowest BCUT2D eigenvalue weighted by Crippen LogP contribution is -2.54. The van der Waals surface area contributed by atoms with Crippen molar-refractivity contribution in [3.63, 3.8) is 0 Å². The maximum Gasteiger partial charge on any atom is 0.248 e. The van der Waals surface area contributed by atoms with Crippen molar-refractivity contribution in [3.05, 3.63) is 24.5 Å². The molecule has 5 nitrogen and oxygen atoms in total. The van der Waals surface area contributed by atoms with Gasteiger partial charge < -0.3 is 14.4 Å². The summed E-state index contributed by atoms with van der Waals surface area (Å²) in [5.74, 6) is 0.725. The molecule has 1 aliphatic carbocycles. The summed E-state index contributed by atoms with van der Waals surface area (Å²) in [6.45, 7) is 3.31. The fourth-order valence-corrected chi connectivity index (χ4v) is 5.34. The van der Waals surface area contributed by atoms with E-state index in [0.717, 1.165) is 77.5 Å². The Morgan fingerprint density at radius 2 is 1.33 bits per heavy atom. The molecule has 0 unspecified atom stereocenters. The van der Waals surface area contributed by atoms with Crippen LogP contribution in [0.15, 0.2) is 24.5 Å². The lowest BCUT2D eigenvalue weighted by atomic mass is 9.79. The Kier molecular flexibility index (Phi) is 5.55. The van der Waals surface area contributed by atoms with Gasteiger partial charge in [-0.15, -0.1) is 0 Å². The van der Waals surface area contributed by atoms with Crippen LogP contribution in [0.2, 0.25) is 0 Å². The van der Waals surface area contributed by atoms with Gasteiger partial charge in [0.25, 0.3) is 0 Å². The van der Waals surface area contributed by atoms with Crippen molar-refractivity contribution in [1.29, 1.82) is 0 Å². The van der Waals surface area contributed by atoms with Gasteiger partial charge >= 0.3 is 0 Å². The molecule has 3 aliphatic rings. The first-order valence-corrected chi connectivity index (χ1v) is 10.9. The maximum absolute atomic E-state index is 13.6. The van der Waals surface area contributed by atoms with E-state index >= 15 is 0 Å². The number of hydrogen-bond acceptors (Lipinski definition) is 2. The van der Waals surface area contributed by atoms with Crippen LogP contribution in [-0.4, -0.2) is 52.4 Å². The minimum atomic E-state index is -0.397. The third-order valence-electron chi connectivity index (χ3n) is 6.98. The van der Waals surface area contributed by atoms with Gasteiger partial charge in [-0.25, -0.2) is 0 Å². The van der Waals surface area contributed by atoms with Crippen molar-refractivity contribution in [2.75, 3.05) is 26.2 Å². The van der Waals surface area contributed by atoms with Crippen LogP contribution in [0.1, 0.15) is 64.2 Å². The van der Waals surface area contributed by atoms with Crippen LogP contribution < -0.4 is 0 Å². The smallest absolute Gasteiger partial charge is 0.248 e. The summed E-state index contributed by atoms with van der Waals surface area (Å²) in [5, 5.41) is 0. The molecule has 0 aromatic carbocycles. The molecule has 0 radical (unpaired) electrons. The molecule has 5 heteroatoms. The van der Waals surface area contributed by atoms with E-state index in [1.54, 1.807) is 0 Å². The third kappa shape index (κ3) is 3.65. The zero-order valence-corrected chi connectivity index (χ0v) is 16.4. The van der Waals surface area contributed by atoms with E-state index < -0.39 is 5.54 Å². The molecule has 0 bridgehead atoms. The zero-order chi connectivity index (χ0) is 18.7. The lowest BCUT2D eigenvalue weighted by Gasteiger charge is -2.43. The molecule has 148 valence electrons. The highest BCUT2D eigenvalue weighted by Crippen LogP contribution is 2.38. The first-order chi connectivity index (χ1) is 13.2. The molecule has 2 saturated heterocycles. The van der Waals surface area contributed by atoms with Gasteiger partial charge in [0.1, 0.15) is 5.54 Å². The highest BCUT2D eigenvalue weighted by Gasteiger charge is 2.44. The van der Waals surface area contributed by atoms with E-state index in [2.05, 4.69) is 21.9 Å². The lowest BCUT2D eigenvalue weighted by molar-refractivity contribution is -0.147. The summed E-state index contributed by atoms with van der Waals surface area (Å²) < 4.78 is 2.15. The van der Waals surface area contributed by atoms with Crippen molar-refractivity contribution in [2.24, 2.45) is 5.92 Å². The van der Waals surface area contributed by atoms with Crippen LogP contribution in [0.3, 0.4) is 0 Å². The number of aromatic nitrogens is 1. The number of hydrogen-bond donors (Lipinski definition) is 0. The van der Waals surface area contributed by atoms with E-state index in [0.29, 0.717) is 5.91 Å². The monoisotopic (exact) mass is 371 g/mol. The molecule has 3 fully saturated rings. The Bertz CT molecular complexity index is 635. The molecule has 3 heterocycles. The summed E-state index contributed by atoms with van der Waals surface area (Å²) in [4.78, 5) is 30.5. The van der Waals surface area contributed by atoms with Gasteiger partial charge in [-0.1, -0.05) is 19.3 Å². The molecule has 27 heavy (non-hydrogen) atoms. The van der Waals surface area contributed by atoms with Crippen molar-refractivity contribution in [1.82, 2.24) is 14.4 Å². The fourth-order valence-electron chi connectivity index (χ4n) is 5.34. The molecule has 2 amide bonds. The van der Waals surface area contributed by atoms with Gasteiger partial charge in [-0.2, -0.15) is 0 Å². The fraction of sp³-hybridized carbons (Fsp3) is 0.727. The van der Waals surface area contributed by atoms with E-state index in [9.17, 15) is 9.59 Å². The predicted octanol–water partition coefficient (Wildman–Crippen LogP) is 3.40. The number of carbonyl (C=O) groups is 2. The average molecular weight is 372 g/mol. The molecule has 4 rings (SSSR count). The molecule has 2 aliphatic heterocycles. The predicted molar refractivity (Wildman–Crippen MR) is 105 cm³/mol. The Hall–Kier alpha value is -1.78. The van der Waals surface area contributed by atoms with Crippen LogP contribution >= 0.6 is 0 Å². The first-order valence-electron chi connectivity index (χ1n) is 10.9. The van der Waals surface area contributed by atoms with Crippen molar-refractivity contribution >= 4 is 11.8 Å². The zero-order valence-electron chi connectivity index (χ0n) is 16.4. The van der Waals surface area contributed by atoms with Crippen LogP contribution in [0.4, 0.5) is 0 Å². The van der Waals surface area contributed by atoms with Gasteiger partial charge in [0, 0.05) is 44.5 Å². The molecule has 0 atom stereocenters. The van der Waals surface area contributed by atoms with Gasteiger partial charge in [-0.05, 0) is 57.1 Å². The number of nitrogens with zero attached hydrogens (tertiary/aromatic N) is 3. The number of likely N-dealkylation sites (tertiary alicyclic amines) is 2. The van der Waals surface area contributed by atoms with Crippen molar-refractivity contribution in [2.45, 2.75) is 69.7 Å². The topological polar surface area (TPSA) is 45.6 Å². The van der Waals surface area contributed by atoms with Gasteiger partial charge in [0.2, 0.25) is 11.8 Å². The largest absolute Gasteiger partial charge is 0.342 e. The van der Waals surface area contributed by atoms with E-state index in [1.165, 1.54) is 12.8 Å². The molecular formula is C22H33N3O2. The second-order valence-electron chi connectivity index (χ2n) is 8.63. The molecule has 1 aromatic rings. The van der Waals surface area contributed by atoms with Crippen LogP contribution in [0.5, 0.6) is 0 Å². The standard InChI is InChI=1S/C22H33N3O2/c26-20(23-13-5-2-6-14-23)19-9-17-24(18-10-19)21(27)22(11-3-1-4-12-22)25-15-7-8-16-25/h7-8,15-16,19H,1-6,9-14,17-18H2. The Balaban J connectivity index is 1.41. The highest BCUT2D eigenvalue weighted by atomic mass is 16.2. The second kappa shape index (κ2) is 8.07. The normalized spacial score (nSPS) is 24.0. The highest BCUT2D eigenvalue weighted by molar-refractivity contribution is 5.85. The molecular weight excluding hydrogens is 338 g/mol. The molecule has 0 N–H and O–H groups in total. The van der Waals surface area contributed by atoms with Crippen LogP contribution in [-0.2, 0) is 15.1 Å². The molecule has 0 spiro atoms. The second-order valence-corrected chi connectivity index (χ2v) is 8.63. The summed E-state index contributed by atoms with van der Waals surface area (Å²) >= 11 is 0. The SMILES string of the molecule is O=C(C1CCN(C(=O)C2(n3cccc3)CCCCC2)CC1)N1CCCCC1. The molecule has 1 aromatic heterocycles. The minimum Gasteiger partial charge on any atom is -0.342 e. The summed E-state index contributed by atoms with van der Waals surface area (Å²) in [7, 11) is 0. The van der Waals surface area contributed by atoms with Crippen molar-refractivity contribution < 1.29 is 9.59 Å². The Morgan fingerprint density at radius 3 is 1.96 bits per heavy atom. The number of amides is 2. The number of rotatable bonds is 3. The van der Waals surface area contributed by atoms with Gasteiger partial charge in [-0.3, -0.25) is 9.59 Å². The van der Waals surface area contributed by atoms with Gasteiger partial charge in [0.15, 0.2) is 0 Å². The summed E-state index contributed by atoms with van der Waals surface area (Å²) in [6, 6.07) is 4.04. The van der Waals surface area contributed by atoms with Crippen molar-refractivity contribution in [3.8, 4) is 0 Å². The average Bonchev–Trinajstić information content (AvgIpc) is 3.29. The number of carbonyl (C=O) groups excluding carboxylic acids is 2. The summed E-state index contributed by atoms with van der Waals surface area (Å²) in [5.41, 5.74) is -0.397. The molecule has 1 saturated carbocycles. The van der Waals surface area contributed by atoms with Gasteiger partial charge in [0.05, 0.1) is 0 Å². The number of piperidine rings is 2. The Labute approximate surface area is 162 Å². The minimum absolute atomic E-state index is 0.112. The third-order valence-corrected chi connectivity index (χ3v) is 6.98. The van der Waals surface area contributed by atoms with E-state index in [-0.39, 0.29) is 11.8 Å². The quantitative estimate of drug-likeness (QED) is 0.817. The van der Waals surface area contributed by atoms with E-state index in [1.807, 2.05) is 17.0 Å². The van der Waals surface area contributed by atoms with Crippen LogP contribution in [0, 0.1) is 5.92 Å². The first kappa shape index (κ1) is 18.6. The van der Waals surface area contributed by atoms with E-state index in [4.69, 9.17) is 0 Å². The summed E-state index contributed by atoms with van der Waals surface area (Å²) in [6.07, 6.45) is 14.6.